The fourth-order valence-corrected chi connectivity index (χ4v) is 10.9. The Kier molecular flexibility index (Phi) is 7.35. The molecule has 5 nitrogen and oxygen atoms in total. The minimum atomic E-state index is -0.0873. The van der Waals surface area contributed by atoms with Gasteiger partial charge in [-0.25, -0.2) is 15.0 Å². The summed E-state index contributed by atoms with van der Waals surface area (Å²) in [6.07, 6.45) is 5.96. The van der Waals surface area contributed by atoms with Crippen molar-refractivity contribution in [1.82, 2.24) is 24.1 Å². The zero-order chi connectivity index (χ0) is 36.7. The highest BCUT2D eigenvalue weighted by Gasteiger charge is 2.47. The van der Waals surface area contributed by atoms with Gasteiger partial charge in [-0.15, -0.1) is 0 Å². The Morgan fingerprint density at radius 1 is 0.436 bits per heavy atom. The number of aromatic nitrogens is 5. The number of hydrogen-bond acceptors (Lipinski definition) is 3. The maximum absolute atomic E-state index is 5.61. The van der Waals surface area contributed by atoms with Crippen molar-refractivity contribution in [1.29, 1.82) is 0 Å². The molecule has 2 bridgehead atoms. The molecule has 5 heteroatoms. The molecule has 4 atom stereocenters. The van der Waals surface area contributed by atoms with E-state index in [4.69, 9.17) is 15.0 Å². The molecule has 55 heavy (non-hydrogen) atoms. The largest absolute Gasteiger partial charge is 0.309 e. The summed E-state index contributed by atoms with van der Waals surface area (Å²) in [5, 5.41) is 4.95. The van der Waals surface area contributed by atoms with Crippen LogP contribution in [0.2, 0.25) is 0 Å². The van der Waals surface area contributed by atoms with Gasteiger partial charge in [0, 0.05) is 38.1 Å². The average Bonchev–Trinajstić information content (AvgIpc) is 3.73. The Bertz CT molecular complexity index is 2630. The molecule has 0 radical (unpaired) electrons. The minimum absolute atomic E-state index is 0.0873. The van der Waals surface area contributed by atoms with Gasteiger partial charge in [0.2, 0.25) is 0 Å². The van der Waals surface area contributed by atoms with Gasteiger partial charge in [-0.3, -0.25) is 0 Å². The maximum Gasteiger partial charge on any atom is 0.165 e. The van der Waals surface area contributed by atoms with E-state index in [1.165, 1.54) is 56.5 Å². The molecule has 2 aliphatic carbocycles. The highest BCUT2D eigenvalue weighted by Crippen LogP contribution is 2.53. The molecule has 2 fully saturated rings. The molecule has 3 heterocycles. The molecular formula is C50H43N5. The van der Waals surface area contributed by atoms with E-state index < -0.39 is 0 Å². The van der Waals surface area contributed by atoms with Crippen molar-refractivity contribution in [2.45, 2.75) is 51.4 Å². The van der Waals surface area contributed by atoms with Gasteiger partial charge in [-0.2, -0.15) is 0 Å². The SMILES string of the molecule is C[C@@H]1CC2C[C@H](C)CC(c3nc(-c4ccccc4-n4c5ccccc5c5ccccc54)nc(-c4ccccc4-n4c5ccccc5c5ccccc54)n3)(C2)C1. The molecule has 2 saturated carbocycles. The lowest BCUT2D eigenvalue weighted by Crippen LogP contribution is -2.43. The summed E-state index contributed by atoms with van der Waals surface area (Å²) in [5.74, 6) is 4.39. The Labute approximate surface area is 321 Å². The summed E-state index contributed by atoms with van der Waals surface area (Å²) in [6, 6.07) is 52.3. The number of rotatable bonds is 5. The lowest BCUT2D eigenvalue weighted by atomic mass is 9.56. The zero-order valence-corrected chi connectivity index (χ0v) is 31.4. The highest BCUT2D eigenvalue weighted by molar-refractivity contribution is 6.10. The van der Waals surface area contributed by atoms with Crippen molar-refractivity contribution < 1.29 is 0 Å². The van der Waals surface area contributed by atoms with Gasteiger partial charge in [0.1, 0.15) is 5.82 Å². The molecule has 0 spiro atoms. The Balaban J connectivity index is 1.19. The van der Waals surface area contributed by atoms with Gasteiger partial charge in [0.25, 0.3) is 0 Å². The van der Waals surface area contributed by atoms with Crippen molar-refractivity contribution in [3.05, 3.63) is 151 Å². The van der Waals surface area contributed by atoms with Crippen molar-refractivity contribution in [3.8, 4) is 34.2 Å². The lowest BCUT2D eigenvalue weighted by molar-refractivity contribution is 0.0720. The van der Waals surface area contributed by atoms with E-state index in [-0.39, 0.29) is 5.41 Å². The quantitative estimate of drug-likeness (QED) is 0.178. The summed E-state index contributed by atoms with van der Waals surface area (Å²) in [7, 11) is 0. The van der Waals surface area contributed by atoms with Gasteiger partial charge in [-0.05, 0) is 98.4 Å². The molecule has 6 aromatic carbocycles. The van der Waals surface area contributed by atoms with Crippen LogP contribution in [0.15, 0.2) is 146 Å². The standard InChI is InChI=1S/C50H43N5/c1-32-27-34-28-33(2)30-50(29-32,31-34)49-52-47(39-19-7-13-25-45(39)54-41-21-9-3-15-35(41)36-16-4-10-22-42(36)54)51-48(53-49)40-20-8-14-26-46(40)55-43-23-11-5-17-37(43)38-18-6-12-24-44(38)55/h3-26,32-34H,27-31H2,1-2H3/t32-,33+,34?,50?. The minimum Gasteiger partial charge on any atom is -0.309 e. The van der Waals surface area contributed by atoms with Gasteiger partial charge < -0.3 is 9.13 Å². The third-order valence-electron chi connectivity index (χ3n) is 12.7. The second-order valence-corrected chi connectivity index (χ2v) is 16.5. The van der Waals surface area contributed by atoms with Crippen LogP contribution in [0.3, 0.4) is 0 Å². The number of nitrogens with zero attached hydrogens (tertiary/aromatic N) is 5. The van der Waals surface area contributed by atoms with Crippen molar-refractivity contribution in [3.63, 3.8) is 0 Å². The third kappa shape index (κ3) is 5.09. The fraction of sp³-hybridized carbons (Fsp3) is 0.220. The first kappa shape index (κ1) is 32.4. The number of benzene rings is 6. The third-order valence-corrected chi connectivity index (χ3v) is 12.7. The van der Waals surface area contributed by atoms with Gasteiger partial charge in [-0.1, -0.05) is 111 Å². The number of fused-ring (bicyclic) bond motifs is 8. The lowest BCUT2D eigenvalue weighted by Gasteiger charge is -2.49. The second-order valence-electron chi connectivity index (χ2n) is 16.5. The normalized spacial score (nSPS) is 21.2. The first-order valence-electron chi connectivity index (χ1n) is 20.0. The molecule has 0 aliphatic heterocycles. The maximum atomic E-state index is 5.61. The van der Waals surface area contributed by atoms with Crippen molar-refractivity contribution >= 4 is 43.6 Å². The van der Waals surface area contributed by atoms with E-state index in [2.05, 4.69) is 169 Å². The predicted molar refractivity (Wildman–Crippen MR) is 226 cm³/mol. The molecule has 2 aliphatic rings. The van der Waals surface area contributed by atoms with E-state index in [1.54, 1.807) is 0 Å². The van der Waals surface area contributed by atoms with Crippen LogP contribution in [0, 0.1) is 17.8 Å². The Hall–Kier alpha value is -6.07. The highest BCUT2D eigenvalue weighted by atomic mass is 15.1. The van der Waals surface area contributed by atoms with Crippen molar-refractivity contribution in [2.24, 2.45) is 17.8 Å². The molecule has 2 unspecified atom stereocenters. The second kappa shape index (κ2) is 12.5. The van der Waals surface area contributed by atoms with Crippen LogP contribution in [0.5, 0.6) is 0 Å². The summed E-state index contributed by atoms with van der Waals surface area (Å²) in [4.78, 5) is 16.7. The average molecular weight is 714 g/mol. The summed E-state index contributed by atoms with van der Waals surface area (Å²) >= 11 is 0. The van der Waals surface area contributed by atoms with Crippen LogP contribution in [-0.2, 0) is 5.41 Å². The first-order valence-corrected chi connectivity index (χ1v) is 20.0. The monoisotopic (exact) mass is 713 g/mol. The summed E-state index contributed by atoms with van der Waals surface area (Å²) in [6.45, 7) is 4.88. The first-order chi connectivity index (χ1) is 27.0. The molecule has 0 saturated heterocycles. The van der Waals surface area contributed by atoms with E-state index in [1.807, 2.05) is 0 Å². The molecule has 3 aromatic heterocycles. The molecule has 0 amide bonds. The van der Waals surface area contributed by atoms with E-state index in [0.29, 0.717) is 17.8 Å². The van der Waals surface area contributed by atoms with Crippen LogP contribution >= 0.6 is 0 Å². The van der Waals surface area contributed by atoms with Crippen LogP contribution < -0.4 is 0 Å². The van der Waals surface area contributed by atoms with Gasteiger partial charge in [0.15, 0.2) is 11.6 Å². The summed E-state index contributed by atoms with van der Waals surface area (Å²) < 4.78 is 4.80. The van der Waals surface area contributed by atoms with Crippen LogP contribution in [0.1, 0.15) is 51.8 Å². The topological polar surface area (TPSA) is 48.5 Å². The van der Waals surface area contributed by atoms with Crippen molar-refractivity contribution in [2.75, 3.05) is 0 Å². The Morgan fingerprint density at radius 2 is 0.800 bits per heavy atom. The molecular weight excluding hydrogens is 671 g/mol. The molecule has 268 valence electrons. The van der Waals surface area contributed by atoms with E-state index in [9.17, 15) is 0 Å². The van der Waals surface area contributed by atoms with E-state index in [0.717, 1.165) is 59.2 Å². The predicted octanol–water partition coefficient (Wildman–Crippen LogP) is 12.5. The van der Waals surface area contributed by atoms with Crippen LogP contribution in [0.4, 0.5) is 0 Å². The summed E-state index contributed by atoms with van der Waals surface area (Å²) in [5.41, 5.74) is 8.76. The number of hydrogen-bond donors (Lipinski definition) is 0. The molecule has 0 N–H and O–H groups in total. The molecule has 11 rings (SSSR count). The van der Waals surface area contributed by atoms with E-state index >= 15 is 0 Å². The van der Waals surface area contributed by atoms with Crippen LogP contribution in [0.25, 0.3) is 77.8 Å². The Morgan fingerprint density at radius 3 is 1.22 bits per heavy atom. The fourth-order valence-electron chi connectivity index (χ4n) is 10.9. The zero-order valence-electron chi connectivity index (χ0n) is 31.4. The molecule has 9 aromatic rings. The van der Waals surface area contributed by atoms with Gasteiger partial charge >= 0.3 is 0 Å². The smallest absolute Gasteiger partial charge is 0.165 e. The van der Waals surface area contributed by atoms with Crippen LogP contribution in [-0.4, -0.2) is 24.1 Å². The number of para-hydroxylation sites is 6. The van der Waals surface area contributed by atoms with Gasteiger partial charge in [0.05, 0.1) is 33.4 Å².